The molecule has 0 aliphatic heterocycles. The SMILES string of the molecule is CCCCN(CC)C(=O)[C@@H](N)CCc1ccccc1. The summed E-state index contributed by atoms with van der Waals surface area (Å²) in [5, 5.41) is 0. The van der Waals surface area contributed by atoms with Crippen LogP contribution in [0.1, 0.15) is 38.7 Å². The minimum atomic E-state index is -0.378. The lowest BCUT2D eigenvalue weighted by Crippen LogP contribution is -2.44. The van der Waals surface area contributed by atoms with Crippen LogP contribution < -0.4 is 5.73 Å². The summed E-state index contributed by atoms with van der Waals surface area (Å²) in [7, 11) is 0. The van der Waals surface area contributed by atoms with Crippen LogP contribution in [-0.2, 0) is 11.2 Å². The standard InChI is InChI=1S/C16H26N2O/c1-3-5-13-18(4-2)16(19)15(17)12-11-14-9-7-6-8-10-14/h6-10,15H,3-5,11-13,17H2,1-2H3/t15-/m0/s1. The minimum absolute atomic E-state index is 0.0897. The van der Waals surface area contributed by atoms with Crippen molar-refractivity contribution in [3.8, 4) is 0 Å². The molecule has 19 heavy (non-hydrogen) atoms. The predicted molar refractivity (Wildman–Crippen MR) is 79.9 cm³/mol. The molecule has 0 saturated carbocycles. The number of likely N-dealkylation sites (N-methyl/N-ethyl adjacent to an activating group) is 1. The molecule has 0 unspecified atom stereocenters. The number of amides is 1. The Morgan fingerprint density at radius 1 is 1.26 bits per heavy atom. The molecule has 3 heteroatoms. The number of hydrogen-bond acceptors (Lipinski definition) is 2. The predicted octanol–water partition coefficient (Wildman–Crippen LogP) is 2.60. The molecule has 0 fully saturated rings. The van der Waals surface area contributed by atoms with Crippen molar-refractivity contribution in [1.29, 1.82) is 0 Å². The average Bonchev–Trinajstić information content (AvgIpc) is 2.46. The highest BCUT2D eigenvalue weighted by Crippen LogP contribution is 2.06. The summed E-state index contributed by atoms with van der Waals surface area (Å²) in [6.45, 7) is 5.72. The molecular weight excluding hydrogens is 236 g/mol. The van der Waals surface area contributed by atoms with E-state index in [0.29, 0.717) is 6.42 Å². The Labute approximate surface area is 116 Å². The highest BCUT2D eigenvalue weighted by Gasteiger charge is 2.18. The highest BCUT2D eigenvalue weighted by molar-refractivity contribution is 5.81. The fourth-order valence-electron chi connectivity index (χ4n) is 2.10. The van der Waals surface area contributed by atoms with Crippen LogP contribution in [0.3, 0.4) is 0 Å². The lowest BCUT2D eigenvalue weighted by Gasteiger charge is -2.24. The first-order valence-electron chi connectivity index (χ1n) is 7.27. The van der Waals surface area contributed by atoms with E-state index in [1.165, 1.54) is 5.56 Å². The van der Waals surface area contributed by atoms with Crippen molar-refractivity contribution in [2.24, 2.45) is 5.73 Å². The zero-order chi connectivity index (χ0) is 14.1. The van der Waals surface area contributed by atoms with Crippen LogP contribution >= 0.6 is 0 Å². The fraction of sp³-hybridized carbons (Fsp3) is 0.562. The Hall–Kier alpha value is -1.35. The van der Waals surface area contributed by atoms with Crippen molar-refractivity contribution in [3.63, 3.8) is 0 Å². The van der Waals surface area contributed by atoms with Crippen LogP contribution in [0, 0.1) is 0 Å². The Morgan fingerprint density at radius 2 is 1.95 bits per heavy atom. The van der Waals surface area contributed by atoms with Crippen LogP contribution in [0.2, 0.25) is 0 Å². The van der Waals surface area contributed by atoms with Crippen molar-refractivity contribution in [1.82, 2.24) is 4.90 Å². The van der Waals surface area contributed by atoms with Gasteiger partial charge in [-0.3, -0.25) is 4.79 Å². The molecule has 1 rings (SSSR count). The molecule has 0 radical (unpaired) electrons. The molecule has 0 saturated heterocycles. The minimum Gasteiger partial charge on any atom is -0.342 e. The number of aryl methyl sites for hydroxylation is 1. The van der Waals surface area contributed by atoms with Gasteiger partial charge in [-0.05, 0) is 31.7 Å². The molecule has 106 valence electrons. The van der Waals surface area contributed by atoms with Crippen LogP contribution in [0.4, 0.5) is 0 Å². The second-order valence-corrected chi connectivity index (χ2v) is 4.90. The Balaban J connectivity index is 2.42. The summed E-state index contributed by atoms with van der Waals surface area (Å²) < 4.78 is 0. The Morgan fingerprint density at radius 3 is 2.53 bits per heavy atom. The molecule has 0 heterocycles. The van der Waals surface area contributed by atoms with Crippen molar-refractivity contribution in [3.05, 3.63) is 35.9 Å². The van der Waals surface area contributed by atoms with Crippen molar-refractivity contribution in [2.75, 3.05) is 13.1 Å². The van der Waals surface area contributed by atoms with E-state index in [2.05, 4.69) is 19.1 Å². The number of carbonyl (C=O) groups is 1. The van der Waals surface area contributed by atoms with Gasteiger partial charge in [-0.1, -0.05) is 43.7 Å². The molecule has 3 nitrogen and oxygen atoms in total. The maximum Gasteiger partial charge on any atom is 0.239 e. The monoisotopic (exact) mass is 262 g/mol. The number of nitrogens with two attached hydrogens (primary N) is 1. The summed E-state index contributed by atoms with van der Waals surface area (Å²) in [5.41, 5.74) is 7.26. The third-order valence-corrected chi connectivity index (χ3v) is 3.38. The molecule has 0 spiro atoms. The van der Waals surface area contributed by atoms with Gasteiger partial charge in [0.25, 0.3) is 0 Å². The van der Waals surface area contributed by atoms with Gasteiger partial charge in [0, 0.05) is 13.1 Å². The van der Waals surface area contributed by atoms with Crippen molar-refractivity contribution < 1.29 is 4.79 Å². The smallest absolute Gasteiger partial charge is 0.239 e. The Bertz CT molecular complexity index is 364. The van der Waals surface area contributed by atoms with E-state index in [-0.39, 0.29) is 11.9 Å². The molecule has 1 amide bonds. The molecule has 0 aromatic heterocycles. The molecular formula is C16H26N2O. The first kappa shape index (κ1) is 15.7. The molecule has 1 atom stereocenters. The quantitative estimate of drug-likeness (QED) is 0.782. The molecule has 1 aromatic carbocycles. The number of hydrogen-bond donors (Lipinski definition) is 1. The molecule has 0 aliphatic rings. The zero-order valence-electron chi connectivity index (χ0n) is 12.1. The van der Waals surface area contributed by atoms with E-state index >= 15 is 0 Å². The summed E-state index contributed by atoms with van der Waals surface area (Å²) in [6.07, 6.45) is 3.72. The van der Waals surface area contributed by atoms with Gasteiger partial charge < -0.3 is 10.6 Å². The number of carbonyl (C=O) groups excluding carboxylic acids is 1. The van der Waals surface area contributed by atoms with E-state index in [1.807, 2.05) is 30.0 Å². The van der Waals surface area contributed by atoms with Crippen LogP contribution in [0.5, 0.6) is 0 Å². The number of benzene rings is 1. The second-order valence-electron chi connectivity index (χ2n) is 4.90. The third kappa shape index (κ3) is 5.43. The summed E-state index contributed by atoms with van der Waals surface area (Å²) in [6, 6.07) is 9.80. The lowest BCUT2D eigenvalue weighted by atomic mass is 10.0. The van der Waals surface area contributed by atoms with Gasteiger partial charge in [-0.25, -0.2) is 0 Å². The Kier molecular flexibility index (Phi) is 7.19. The summed E-state index contributed by atoms with van der Waals surface area (Å²) >= 11 is 0. The van der Waals surface area contributed by atoms with Crippen LogP contribution in [0.15, 0.2) is 30.3 Å². The molecule has 0 aliphatic carbocycles. The fourth-order valence-corrected chi connectivity index (χ4v) is 2.10. The van der Waals surface area contributed by atoms with E-state index in [1.54, 1.807) is 0 Å². The van der Waals surface area contributed by atoms with Crippen LogP contribution in [-0.4, -0.2) is 29.9 Å². The number of nitrogens with zero attached hydrogens (tertiary/aromatic N) is 1. The summed E-state index contributed by atoms with van der Waals surface area (Å²) in [5.74, 6) is 0.0897. The van der Waals surface area contributed by atoms with Gasteiger partial charge in [-0.15, -0.1) is 0 Å². The highest BCUT2D eigenvalue weighted by atomic mass is 16.2. The number of rotatable bonds is 8. The zero-order valence-corrected chi connectivity index (χ0v) is 12.1. The lowest BCUT2D eigenvalue weighted by molar-refractivity contribution is -0.132. The molecule has 2 N–H and O–H groups in total. The first-order valence-corrected chi connectivity index (χ1v) is 7.27. The van der Waals surface area contributed by atoms with Crippen molar-refractivity contribution in [2.45, 2.75) is 45.6 Å². The van der Waals surface area contributed by atoms with E-state index < -0.39 is 0 Å². The largest absolute Gasteiger partial charge is 0.342 e. The third-order valence-electron chi connectivity index (χ3n) is 3.38. The topological polar surface area (TPSA) is 46.3 Å². The normalized spacial score (nSPS) is 12.2. The van der Waals surface area contributed by atoms with E-state index in [4.69, 9.17) is 5.73 Å². The molecule has 0 bridgehead atoms. The van der Waals surface area contributed by atoms with Gasteiger partial charge in [-0.2, -0.15) is 0 Å². The second kappa shape index (κ2) is 8.70. The maximum atomic E-state index is 12.2. The maximum absolute atomic E-state index is 12.2. The number of unbranched alkanes of at least 4 members (excludes halogenated alkanes) is 1. The van der Waals surface area contributed by atoms with Gasteiger partial charge in [0.1, 0.15) is 0 Å². The van der Waals surface area contributed by atoms with Gasteiger partial charge >= 0.3 is 0 Å². The van der Waals surface area contributed by atoms with Gasteiger partial charge in [0.2, 0.25) is 5.91 Å². The van der Waals surface area contributed by atoms with Crippen molar-refractivity contribution >= 4 is 5.91 Å². The van der Waals surface area contributed by atoms with Crippen LogP contribution in [0.25, 0.3) is 0 Å². The average molecular weight is 262 g/mol. The van der Waals surface area contributed by atoms with Gasteiger partial charge in [0.05, 0.1) is 6.04 Å². The van der Waals surface area contributed by atoms with E-state index in [0.717, 1.165) is 32.4 Å². The summed E-state index contributed by atoms with van der Waals surface area (Å²) in [4.78, 5) is 14.1. The molecule has 1 aromatic rings. The van der Waals surface area contributed by atoms with E-state index in [9.17, 15) is 4.79 Å². The van der Waals surface area contributed by atoms with Gasteiger partial charge in [0.15, 0.2) is 0 Å². The first-order chi connectivity index (χ1) is 9.19.